The van der Waals surface area contributed by atoms with Crippen LogP contribution in [0.4, 0.5) is 0 Å². The van der Waals surface area contributed by atoms with Gasteiger partial charge in [0, 0.05) is 21.5 Å². The fourth-order valence-electron chi connectivity index (χ4n) is 0.930. The van der Waals surface area contributed by atoms with Crippen molar-refractivity contribution in [3.8, 4) is 0 Å². The molecule has 70 valence electrons. The van der Waals surface area contributed by atoms with E-state index in [0.29, 0.717) is 5.56 Å². The third kappa shape index (κ3) is 2.27. The summed E-state index contributed by atoms with van der Waals surface area (Å²) in [6.45, 7) is 0. The Kier molecular flexibility index (Phi) is 3.42. The molecule has 0 saturated carbocycles. The highest BCUT2D eigenvalue weighted by Gasteiger charge is 2.13. The van der Waals surface area contributed by atoms with Gasteiger partial charge in [-0.2, -0.15) is 0 Å². The quantitative estimate of drug-likeness (QED) is 0.803. The smallest absolute Gasteiger partial charge is 0.336 e. The first-order chi connectivity index (χ1) is 6.06. The van der Waals surface area contributed by atoms with E-state index in [0.717, 1.165) is 0 Å². The Morgan fingerprint density at radius 1 is 1.38 bits per heavy atom. The Labute approximate surface area is 90.0 Å². The number of carbonyl (C=O) groups is 1. The lowest BCUT2D eigenvalue weighted by atomic mass is 10.1. The zero-order valence-corrected chi connectivity index (χ0v) is 8.62. The van der Waals surface area contributed by atoms with E-state index in [-0.39, 0.29) is 21.5 Å². The number of benzene rings is 1. The second kappa shape index (κ2) is 4.18. The standard InChI is InChI=1S/C8H5Cl3O2/c9-3-6-5(8(12)13)1-4(10)2-7(6)11/h1-2H,3H2,(H,12,13). The van der Waals surface area contributed by atoms with Crippen molar-refractivity contribution in [2.45, 2.75) is 5.88 Å². The minimum absolute atomic E-state index is 0.0486. The average molecular weight is 239 g/mol. The fraction of sp³-hybridized carbons (Fsp3) is 0.125. The summed E-state index contributed by atoms with van der Waals surface area (Å²) in [5.41, 5.74) is 0.438. The lowest BCUT2D eigenvalue weighted by Gasteiger charge is -2.05. The van der Waals surface area contributed by atoms with Crippen LogP contribution in [0.3, 0.4) is 0 Å². The monoisotopic (exact) mass is 238 g/mol. The van der Waals surface area contributed by atoms with Gasteiger partial charge in [0.2, 0.25) is 0 Å². The first-order valence-electron chi connectivity index (χ1n) is 3.33. The van der Waals surface area contributed by atoms with Gasteiger partial charge >= 0.3 is 5.97 Å². The topological polar surface area (TPSA) is 37.3 Å². The number of rotatable bonds is 2. The molecule has 0 fully saturated rings. The molecule has 0 saturated heterocycles. The van der Waals surface area contributed by atoms with Crippen LogP contribution in [-0.2, 0) is 5.88 Å². The van der Waals surface area contributed by atoms with Crippen LogP contribution in [0.1, 0.15) is 15.9 Å². The Hall–Kier alpha value is -0.440. The summed E-state index contributed by atoms with van der Waals surface area (Å²) in [6, 6.07) is 2.79. The molecule has 0 bridgehead atoms. The molecule has 1 rings (SSSR count). The second-order valence-corrected chi connectivity index (χ2v) is 3.46. The molecule has 1 aromatic rings. The predicted molar refractivity (Wildman–Crippen MR) is 53.0 cm³/mol. The minimum Gasteiger partial charge on any atom is -0.478 e. The molecule has 0 aliphatic heterocycles. The molecule has 0 unspecified atom stereocenters. The maximum atomic E-state index is 10.7. The minimum atomic E-state index is -1.08. The van der Waals surface area contributed by atoms with E-state index in [2.05, 4.69) is 0 Å². The van der Waals surface area contributed by atoms with Crippen molar-refractivity contribution < 1.29 is 9.90 Å². The normalized spacial score (nSPS) is 10.1. The molecule has 0 aliphatic rings. The number of carboxylic acids is 1. The highest BCUT2D eigenvalue weighted by atomic mass is 35.5. The molecule has 0 atom stereocenters. The number of halogens is 3. The largest absolute Gasteiger partial charge is 0.478 e. The van der Waals surface area contributed by atoms with E-state index >= 15 is 0 Å². The van der Waals surface area contributed by atoms with E-state index in [9.17, 15) is 4.79 Å². The summed E-state index contributed by atoms with van der Waals surface area (Å²) in [4.78, 5) is 10.7. The van der Waals surface area contributed by atoms with E-state index in [1.165, 1.54) is 12.1 Å². The Morgan fingerprint density at radius 3 is 2.46 bits per heavy atom. The fourth-order valence-corrected chi connectivity index (χ4v) is 1.85. The molecule has 13 heavy (non-hydrogen) atoms. The molecule has 1 aromatic carbocycles. The Balaban J connectivity index is 3.38. The van der Waals surface area contributed by atoms with Gasteiger partial charge in [-0.25, -0.2) is 4.79 Å². The Morgan fingerprint density at radius 2 is 2.00 bits per heavy atom. The number of alkyl halides is 1. The number of aromatic carboxylic acids is 1. The zero-order valence-electron chi connectivity index (χ0n) is 6.35. The van der Waals surface area contributed by atoms with Crippen molar-refractivity contribution in [2.24, 2.45) is 0 Å². The lowest BCUT2D eigenvalue weighted by molar-refractivity contribution is 0.0696. The molecule has 0 amide bonds. The van der Waals surface area contributed by atoms with Crippen molar-refractivity contribution in [1.29, 1.82) is 0 Å². The summed E-state index contributed by atoms with van der Waals surface area (Å²) in [6.07, 6.45) is 0. The van der Waals surface area contributed by atoms with Crippen LogP contribution in [0.25, 0.3) is 0 Å². The lowest BCUT2D eigenvalue weighted by Crippen LogP contribution is -2.01. The SMILES string of the molecule is O=C(O)c1cc(Cl)cc(Cl)c1CCl. The van der Waals surface area contributed by atoms with Crippen molar-refractivity contribution in [3.63, 3.8) is 0 Å². The molecule has 0 aliphatic carbocycles. The van der Waals surface area contributed by atoms with Gasteiger partial charge in [-0.05, 0) is 12.1 Å². The summed E-state index contributed by atoms with van der Waals surface area (Å²) in [5.74, 6) is -1.03. The number of carboxylic acid groups (broad SMARTS) is 1. The van der Waals surface area contributed by atoms with Crippen molar-refractivity contribution in [3.05, 3.63) is 33.3 Å². The zero-order chi connectivity index (χ0) is 10.0. The van der Waals surface area contributed by atoms with Crippen LogP contribution in [0.15, 0.2) is 12.1 Å². The summed E-state index contributed by atoms with van der Waals surface area (Å²) < 4.78 is 0. The van der Waals surface area contributed by atoms with Gasteiger partial charge < -0.3 is 5.11 Å². The molecule has 1 N–H and O–H groups in total. The van der Waals surface area contributed by atoms with Gasteiger partial charge in [0.05, 0.1) is 5.56 Å². The van der Waals surface area contributed by atoms with Crippen LogP contribution in [0.2, 0.25) is 10.0 Å². The summed E-state index contributed by atoms with van der Waals surface area (Å²) in [5, 5.41) is 9.34. The van der Waals surface area contributed by atoms with Gasteiger partial charge in [0.25, 0.3) is 0 Å². The first kappa shape index (κ1) is 10.6. The van der Waals surface area contributed by atoms with E-state index < -0.39 is 5.97 Å². The van der Waals surface area contributed by atoms with Crippen LogP contribution in [0, 0.1) is 0 Å². The molecule has 0 radical (unpaired) electrons. The molecular formula is C8H5Cl3O2. The van der Waals surface area contributed by atoms with Gasteiger partial charge in [0.1, 0.15) is 0 Å². The number of hydrogen-bond donors (Lipinski definition) is 1. The maximum Gasteiger partial charge on any atom is 0.336 e. The van der Waals surface area contributed by atoms with E-state index in [4.69, 9.17) is 39.9 Å². The van der Waals surface area contributed by atoms with Gasteiger partial charge in [0.15, 0.2) is 0 Å². The van der Waals surface area contributed by atoms with Crippen LogP contribution in [-0.4, -0.2) is 11.1 Å². The maximum absolute atomic E-state index is 10.7. The first-order valence-corrected chi connectivity index (χ1v) is 4.62. The molecular weight excluding hydrogens is 234 g/mol. The molecule has 0 aromatic heterocycles. The van der Waals surface area contributed by atoms with Gasteiger partial charge in [-0.1, -0.05) is 23.2 Å². The third-order valence-corrected chi connectivity index (χ3v) is 2.35. The van der Waals surface area contributed by atoms with E-state index in [1.54, 1.807) is 0 Å². The van der Waals surface area contributed by atoms with Gasteiger partial charge in [-0.15, -0.1) is 11.6 Å². The van der Waals surface area contributed by atoms with Crippen molar-refractivity contribution in [2.75, 3.05) is 0 Å². The third-order valence-electron chi connectivity index (χ3n) is 1.52. The Bertz CT molecular complexity index is 349. The van der Waals surface area contributed by atoms with Crippen molar-refractivity contribution in [1.82, 2.24) is 0 Å². The van der Waals surface area contributed by atoms with Crippen molar-refractivity contribution >= 4 is 40.8 Å². The molecule has 0 heterocycles. The molecule has 0 spiro atoms. The highest BCUT2D eigenvalue weighted by molar-refractivity contribution is 6.36. The highest BCUT2D eigenvalue weighted by Crippen LogP contribution is 2.26. The molecule has 5 heteroatoms. The van der Waals surface area contributed by atoms with E-state index in [1.807, 2.05) is 0 Å². The van der Waals surface area contributed by atoms with Gasteiger partial charge in [-0.3, -0.25) is 0 Å². The summed E-state index contributed by atoms with van der Waals surface area (Å²) >= 11 is 16.9. The predicted octanol–water partition coefficient (Wildman–Crippen LogP) is 3.43. The number of hydrogen-bond acceptors (Lipinski definition) is 1. The van der Waals surface area contributed by atoms with Crippen LogP contribution < -0.4 is 0 Å². The summed E-state index contributed by atoms with van der Waals surface area (Å²) in [7, 11) is 0. The average Bonchev–Trinajstić information content (AvgIpc) is 2.02. The molecule has 2 nitrogen and oxygen atoms in total. The second-order valence-electron chi connectivity index (χ2n) is 2.35. The van der Waals surface area contributed by atoms with Crippen LogP contribution >= 0.6 is 34.8 Å². The van der Waals surface area contributed by atoms with Crippen LogP contribution in [0.5, 0.6) is 0 Å².